The number of fused-ring (bicyclic) bond motifs is 1. The summed E-state index contributed by atoms with van der Waals surface area (Å²) in [6.45, 7) is 2.04. The van der Waals surface area contributed by atoms with E-state index >= 15 is 0 Å². The molecule has 0 fully saturated rings. The van der Waals surface area contributed by atoms with Gasteiger partial charge in [0.2, 0.25) is 11.8 Å². The second kappa shape index (κ2) is 8.52. The van der Waals surface area contributed by atoms with E-state index in [1.165, 1.54) is 0 Å². The van der Waals surface area contributed by atoms with Crippen LogP contribution in [0.1, 0.15) is 22.6 Å². The van der Waals surface area contributed by atoms with Gasteiger partial charge in [0, 0.05) is 11.3 Å². The molecule has 0 radical (unpaired) electrons. The number of nitrogens with zero attached hydrogens (tertiary/aromatic N) is 1. The maximum absolute atomic E-state index is 13.4. The van der Waals surface area contributed by atoms with Crippen molar-refractivity contribution in [2.75, 3.05) is 5.32 Å². The van der Waals surface area contributed by atoms with Crippen molar-refractivity contribution in [1.29, 1.82) is 0 Å². The molecule has 0 saturated carbocycles. The molecule has 0 aliphatic carbocycles. The summed E-state index contributed by atoms with van der Waals surface area (Å²) in [5, 5.41) is 3.07. The molecule has 1 heterocycles. The van der Waals surface area contributed by atoms with E-state index in [2.05, 4.69) is 10.3 Å². The molecule has 0 unspecified atom stereocenters. The minimum Gasteiger partial charge on any atom is -0.436 e. The van der Waals surface area contributed by atoms with Crippen molar-refractivity contribution in [2.24, 2.45) is 0 Å². The number of carbonyl (C=O) groups excluding carboxylic acids is 1. The Balaban J connectivity index is 1.45. The Kier molecular flexibility index (Phi) is 5.26. The van der Waals surface area contributed by atoms with Crippen LogP contribution in [0.15, 0.2) is 108 Å². The molecule has 4 aromatic carbocycles. The van der Waals surface area contributed by atoms with E-state index in [9.17, 15) is 4.79 Å². The van der Waals surface area contributed by atoms with Crippen LogP contribution in [0.25, 0.3) is 22.6 Å². The molecule has 5 rings (SSSR count). The van der Waals surface area contributed by atoms with E-state index in [0.29, 0.717) is 22.7 Å². The first-order chi connectivity index (χ1) is 15.7. The highest BCUT2D eigenvalue weighted by Crippen LogP contribution is 2.29. The first-order valence-electron chi connectivity index (χ1n) is 10.6. The summed E-state index contributed by atoms with van der Waals surface area (Å²) in [6.07, 6.45) is 0. The summed E-state index contributed by atoms with van der Waals surface area (Å²) in [6, 6.07) is 33.2. The van der Waals surface area contributed by atoms with Crippen molar-refractivity contribution < 1.29 is 9.21 Å². The lowest BCUT2D eigenvalue weighted by Crippen LogP contribution is -2.22. The van der Waals surface area contributed by atoms with Gasteiger partial charge in [0.1, 0.15) is 5.52 Å². The number of carbonyl (C=O) groups is 1. The second-order valence-corrected chi connectivity index (χ2v) is 7.81. The molecular weight excluding hydrogens is 396 g/mol. The largest absolute Gasteiger partial charge is 0.436 e. The van der Waals surface area contributed by atoms with Crippen LogP contribution in [-0.2, 0) is 4.79 Å². The summed E-state index contributed by atoms with van der Waals surface area (Å²) < 4.78 is 5.93. The summed E-state index contributed by atoms with van der Waals surface area (Å²) in [5.74, 6) is 0.0658. The molecule has 4 nitrogen and oxygen atoms in total. The lowest BCUT2D eigenvalue weighted by atomic mass is 9.90. The molecule has 0 aliphatic rings. The monoisotopic (exact) mass is 418 g/mol. The van der Waals surface area contributed by atoms with Crippen molar-refractivity contribution in [1.82, 2.24) is 4.98 Å². The Hall–Kier alpha value is -4.18. The number of benzene rings is 4. The number of aromatic nitrogens is 1. The molecule has 0 aliphatic heterocycles. The zero-order valence-corrected chi connectivity index (χ0v) is 17.7. The number of nitrogens with one attached hydrogen (secondary N) is 1. The smallest absolute Gasteiger partial charge is 0.236 e. The van der Waals surface area contributed by atoms with E-state index in [1.807, 2.05) is 110 Å². The Morgan fingerprint density at radius 1 is 0.812 bits per heavy atom. The van der Waals surface area contributed by atoms with Gasteiger partial charge < -0.3 is 9.73 Å². The minimum atomic E-state index is -0.409. The van der Waals surface area contributed by atoms with Gasteiger partial charge in [-0.15, -0.1) is 0 Å². The van der Waals surface area contributed by atoms with Gasteiger partial charge in [-0.05, 0) is 48.4 Å². The normalized spacial score (nSPS) is 11.1. The van der Waals surface area contributed by atoms with Crippen LogP contribution in [0.2, 0.25) is 0 Å². The van der Waals surface area contributed by atoms with Crippen LogP contribution >= 0.6 is 0 Å². The standard InChI is InChI=1S/C28H22N2O2/c1-19-9-8-14-22(17-19)28-30-24-18-23(15-16-25(24)32-28)29-27(31)26(20-10-4-2-5-11-20)21-12-6-3-7-13-21/h2-18,26H,1H3,(H,29,31). The van der Waals surface area contributed by atoms with Crippen molar-refractivity contribution in [3.05, 3.63) is 120 Å². The van der Waals surface area contributed by atoms with Gasteiger partial charge in [0.05, 0.1) is 5.92 Å². The number of rotatable bonds is 5. The average Bonchev–Trinajstić information content (AvgIpc) is 3.24. The number of hydrogen-bond acceptors (Lipinski definition) is 3. The summed E-state index contributed by atoms with van der Waals surface area (Å²) in [7, 11) is 0. The van der Waals surface area contributed by atoms with Crippen LogP contribution in [0.3, 0.4) is 0 Å². The highest BCUT2D eigenvalue weighted by atomic mass is 16.3. The van der Waals surface area contributed by atoms with Gasteiger partial charge in [0.15, 0.2) is 5.58 Å². The SMILES string of the molecule is Cc1cccc(-c2nc3cc(NC(=O)C(c4ccccc4)c4ccccc4)ccc3o2)c1. The molecule has 1 N–H and O–H groups in total. The zero-order chi connectivity index (χ0) is 21.9. The minimum absolute atomic E-state index is 0.0934. The fourth-order valence-electron chi connectivity index (χ4n) is 3.91. The zero-order valence-electron chi connectivity index (χ0n) is 17.7. The Morgan fingerprint density at radius 3 is 2.16 bits per heavy atom. The third-order valence-electron chi connectivity index (χ3n) is 5.45. The van der Waals surface area contributed by atoms with Gasteiger partial charge in [-0.2, -0.15) is 0 Å². The highest BCUT2D eigenvalue weighted by molar-refractivity contribution is 5.99. The van der Waals surface area contributed by atoms with E-state index in [-0.39, 0.29) is 5.91 Å². The van der Waals surface area contributed by atoms with E-state index in [0.717, 1.165) is 22.3 Å². The molecular formula is C28H22N2O2. The predicted octanol–water partition coefficient (Wildman–Crippen LogP) is 6.57. The lowest BCUT2D eigenvalue weighted by molar-refractivity contribution is -0.116. The molecule has 0 atom stereocenters. The van der Waals surface area contributed by atoms with Gasteiger partial charge in [0.25, 0.3) is 0 Å². The van der Waals surface area contributed by atoms with Crippen molar-refractivity contribution in [3.63, 3.8) is 0 Å². The number of aryl methyl sites for hydroxylation is 1. The van der Waals surface area contributed by atoms with Crippen molar-refractivity contribution >= 4 is 22.7 Å². The third kappa shape index (κ3) is 4.03. The molecule has 32 heavy (non-hydrogen) atoms. The average molecular weight is 418 g/mol. The number of amides is 1. The van der Waals surface area contributed by atoms with Crippen molar-refractivity contribution in [3.8, 4) is 11.5 Å². The van der Waals surface area contributed by atoms with Gasteiger partial charge in [-0.3, -0.25) is 4.79 Å². The molecule has 156 valence electrons. The number of oxazole rings is 1. The molecule has 4 heteroatoms. The number of anilines is 1. The summed E-state index contributed by atoms with van der Waals surface area (Å²) >= 11 is 0. The van der Waals surface area contributed by atoms with Crippen LogP contribution in [-0.4, -0.2) is 10.9 Å². The first-order valence-corrected chi connectivity index (χ1v) is 10.6. The fourth-order valence-corrected chi connectivity index (χ4v) is 3.91. The van der Waals surface area contributed by atoms with Crippen LogP contribution in [0, 0.1) is 6.92 Å². The maximum Gasteiger partial charge on any atom is 0.236 e. The summed E-state index contributed by atoms with van der Waals surface area (Å²) in [4.78, 5) is 18.0. The Bertz CT molecular complexity index is 1340. The topological polar surface area (TPSA) is 55.1 Å². The van der Waals surface area contributed by atoms with Crippen LogP contribution in [0.4, 0.5) is 5.69 Å². The Labute approximate surface area is 186 Å². The second-order valence-electron chi connectivity index (χ2n) is 7.81. The van der Waals surface area contributed by atoms with Gasteiger partial charge in [-0.1, -0.05) is 78.4 Å². The maximum atomic E-state index is 13.4. The quantitative estimate of drug-likeness (QED) is 0.351. The molecule has 0 spiro atoms. The van der Waals surface area contributed by atoms with E-state index < -0.39 is 5.92 Å². The van der Waals surface area contributed by atoms with E-state index in [1.54, 1.807) is 0 Å². The predicted molar refractivity (Wildman–Crippen MR) is 128 cm³/mol. The fraction of sp³-hybridized carbons (Fsp3) is 0.0714. The number of hydrogen-bond donors (Lipinski definition) is 1. The Morgan fingerprint density at radius 2 is 1.50 bits per heavy atom. The van der Waals surface area contributed by atoms with Gasteiger partial charge >= 0.3 is 0 Å². The molecule has 1 aromatic heterocycles. The van der Waals surface area contributed by atoms with Crippen molar-refractivity contribution in [2.45, 2.75) is 12.8 Å². The molecule has 1 amide bonds. The molecule has 5 aromatic rings. The van der Waals surface area contributed by atoms with Crippen LogP contribution < -0.4 is 5.32 Å². The third-order valence-corrected chi connectivity index (χ3v) is 5.45. The molecule has 0 bridgehead atoms. The summed E-state index contributed by atoms with van der Waals surface area (Å²) in [5.41, 5.74) is 6.03. The van der Waals surface area contributed by atoms with E-state index in [4.69, 9.17) is 4.42 Å². The molecule has 0 saturated heterocycles. The van der Waals surface area contributed by atoms with Gasteiger partial charge in [-0.25, -0.2) is 4.98 Å². The lowest BCUT2D eigenvalue weighted by Gasteiger charge is -2.18. The highest BCUT2D eigenvalue weighted by Gasteiger charge is 2.23. The van der Waals surface area contributed by atoms with Crippen LogP contribution in [0.5, 0.6) is 0 Å². The first kappa shape index (κ1) is 19.8.